The van der Waals surface area contributed by atoms with Crippen molar-refractivity contribution in [1.29, 1.82) is 0 Å². The first kappa shape index (κ1) is 19.3. The number of benzene rings is 1. The van der Waals surface area contributed by atoms with Gasteiger partial charge in [0, 0.05) is 51.7 Å². The molecule has 1 aliphatic rings. The van der Waals surface area contributed by atoms with Gasteiger partial charge in [-0.05, 0) is 36.1 Å². The van der Waals surface area contributed by atoms with E-state index in [0.29, 0.717) is 6.54 Å². The predicted molar refractivity (Wildman–Crippen MR) is 105 cm³/mol. The minimum absolute atomic E-state index is 0.124. The molecule has 27 heavy (non-hydrogen) atoms. The van der Waals surface area contributed by atoms with E-state index in [-0.39, 0.29) is 18.2 Å². The summed E-state index contributed by atoms with van der Waals surface area (Å²) in [5.74, 6) is 0. The molecule has 3 rings (SSSR count). The van der Waals surface area contributed by atoms with Crippen LogP contribution in [-0.4, -0.2) is 48.7 Å². The molecule has 2 N–H and O–H groups in total. The number of hydrogen-bond acceptors (Lipinski definition) is 4. The zero-order valence-electron chi connectivity index (χ0n) is 15.8. The molecule has 6 heteroatoms. The number of carbonyl (C=O) groups is 1. The molecule has 1 aromatic carbocycles. The summed E-state index contributed by atoms with van der Waals surface area (Å²) in [5, 5.41) is 6.03. The lowest BCUT2D eigenvalue weighted by molar-refractivity contribution is 0.103. The van der Waals surface area contributed by atoms with Crippen molar-refractivity contribution in [2.45, 2.75) is 31.5 Å². The van der Waals surface area contributed by atoms with Crippen LogP contribution < -0.4 is 10.6 Å². The number of likely N-dealkylation sites (tertiary alicyclic amines) is 1. The number of aromatic nitrogens is 1. The van der Waals surface area contributed by atoms with Crippen LogP contribution in [0.25, 0.3) is 0 Å². The summed E-state index contributed by atoms with van der Waals surface area (Å²) < 4.78 is 5.49. The van der Waals surface area contributed by atoms with Crippen molar-refractivity contribution >= 4 is 6.03 Å². The number of piperidine rings is 1. The highest BCUT2D eigenvalue weighted by atomic mass is 16.5. The lowest BCUT2D eigenvalue weighted by Crippen LogP contribution is -2.48. The minimum Gasteiger partial charge on any atom is -0.375 e. The molecule has 1 saturated heterocycles. The van der Waals surface area contributed by atoms with Crippen LogP contribution in [-0.2, 0) is 11.3 Å². The third-order valence-corrected chi connectivity index (χ3v) is 4.98. The normalized spacial score (nSPS) is 16.6. The van der Waals surface area contributed by atoms with Crippen LogP contribution in [0.3, 0.4) is 0 Å². The van der Waals surface area contributed by atoms with Crippen molar-refractivity contribution in [3.05, 3.63) is 66.0 Å². The quantitative estimate of drug-likeness (QED) is 0.789. The molecule has 0 aliphatic carbocycles. The SMILES string of the molecule is COC(CNC(=O)NC1CCN(Cc2ccncc2)CC1)c1ccccc1. The van der Waals surface area contributed by atoms with Gasteiger partial charge in [-0.2, -0.15) is 0 Å². The maximum absolute atomic E-state index is 12.2. The molecule has 2 aromatic rings. The Kier molecular flexibility index (Phi) is 7.19. The Balaban J connectivity index is 1.38. The van der Waals surface area contributed by atoms with Crippen molar-refractivity contribution in [3.8, 4) is 0 Å². The third kappa shape index (κ3) is 6.05. The van der Waals surface area contributed by atoms with E-state index in [1.807, 2.05) is 42.7 Å². The molecule has 0 radical (unpaired) electrons. The van der Waals surface area contributed by atoms with Crippen molar-refractivity contribution in [1.82, 2.24) is 20.5 Å². The Morgan fingerprint density at radius 3 is 2.56 bits per heavy atom. The highest BCUT2D eigenvalue weighted by Gasteiger charge is 2.21. The van der Waals surface area contributed by atoms with Crippen LogP contribution in [0.2, 0.25) is 0 Å². The first-order valence-electron chi connectivity index (χ1n) is 9.48. The van der Waals surface area contributed by atoms with Gasteiger partial charge in [-0.25, -0.2) is 4.79 Å². The molecule has 144 valence electrons. The summed E-state index contributed by atoms with van der Waals surface area (Å²) in [6.45, 7) is 3.36. The molecule has 2 amide bonds. The van der Waals surface area contributed by atoms with Gasteiger partial charge < -0.3 is 15.4 Å². The highest BCUT2D eigenvalue weighted by Crippen LogP contribution is 2.15. The second kappa shape index (κ2) is 10.0. The summed E-state index contributed by atoms with van der Waals surface area (Å²) in [7, 11) is 1.66. The second-order valence-electron chi connectivity index (χ2n) is 6.90. The van der Waals surface area contributed by atoms with Crippen molar-refractivity contribution < 1.29 is 9.53 Å². The number of nitrogens with zero attached hydrogens (tertiary/aromatic N) is 2. The molecule has 0 spiro atoms. The summed E-state index contributed by atoms with van der Waals surface area (Å²) in [4.78, 5) is 18.7. The lowest BCUT2D eigenvalue weighted by Gasteiger charge is -2.32. The molecule has 6 nitrogen and oxygen atoms in total. The molecule has 1 aliphatic heterocycles. The van der Waals surface area contributed by atoms with E-state index >= 15 is 0 Å². The van der Waals surface area contributed by atoms with E-state index in [2.05, 4.69) is 32.7 Å². The first-order chi connectivity index (χ1) is 13.2. The van der Waals surface area contributed by atoms with Gasteiger partial charge in [0.25, 0.3) is 0 Å². The monoisotopic (exact) mass is 368 g/mol. The maximum Gasteiger partial charge on any atom is 0.315 e. The van der Waals surface area contributed by atoms with Crippen LogP contribution in [0.15, 0.2) is 54.9 Å². The van der Waals surface area contributed by atoms with E-state index in [0.717, 1.165) is 38.0 Å². The average molecular weight is 368 g/mol. The predicted octanol–water partition coefficient (Wildman–Crippen LogP) is 2.73. The fourth-order valence-corrected chi connectivity index (χ4v) is 3.41. The van der Waals surface area contributed by atoms with Crippen LogP contribution in [0.5, 0.6) is 0 Å². The molecule has 1 atom stereocenters. The Morgan fingerprint density at radius 1 is 1.19 bits per heavy atom. The summed E-state index contributed by atoms with van der Waals surface area (Å²) in [6, 6.07) is 14.1. The van der Waals surface area contributed by atoms with Crippen LogP contribution in [0.1, 0.15) is 30.1 Å². The Bertz CT molecular complexity index is 688. The molecular weight excluding hydrogens is 340 g/mol. The summed E-state index contributed by atoms with van der Waals surface area (Å²) >= 11 is 0. The van der Waals surface area contributed by atoms with Crippen molar-refractivity contribution in [3.63, 3.8) is 0 Å². The zero-order valence-corrected chi connectivity index (χ0v) is 15.8. The van der Waals surface area contributed by atoms with Crippen LogP contribution in [0, 0.1) is 0 Å². The van der Waals surface area contributed by atoms with Gasteiger partial charge in [0.2, 0.25) is 0 Å². The van der Waals surface area contributed by atoms with Gasteiger partial charge in [0.05, 0.1) is 6.10 Å². The standard InChI is InChI=1S/C21H28N4O2/c1-27-20(18-5-3-2-4-6-18)15-23-21(26)24-19-9-13-25(14-10-19)16-17-7-11-22-12-8-17/h2-8,11-12,19-20H,9-10,13-16H2,1H3,(H2,23,24,26). The van der Waals surface area contributed by atoms with Gasteiger partial charge in [0.1, 0.15) is 0 Å². The molecule has 2 heterocycles. The van der Waals surface area contributed by atoms with Gasteiger partial charge in [-0.3, -0.25) is 9.88 Å². The van der Waals surface area contributed by atoms with Crippen LogP contribution >= 0.6 is 0 Å². The van der Waals surface area contributed by atoms with E-state index in [1.165, 1.54) is 5.56 Å². The number of ether oxygens (including phenoxy) is 1. The fraction of sp³-hybridized carbons (Fsp3) is 0.429. The number of hydrogen-bond donors (Lipinski definition) is 2. The lowest BCUT2D eigenvalue weighted by atomic mass is 10.0. The molecule has 1 aromatic heterocycles. The first-order valence-corrected chi connectivity index (χ1v) is 9.48. The second-order valence-corrected chi connectivity index (χ2v) is 6.90. The van der Waals surface area contributed by atoms with E-state index in [9.17, 15) is 4.79 Å². The summed E-state index contributed by atoms with van der Waals surface area (Å²) in [6.07, 6.45) is 5.45. The highest BCUT2D eigenvalue weighted by molar-refractivity contribution is 5.74. The topological polar surface area (TPSA) is 66.5 Å². The molecule has 0 bridgehead atoms. The smallest absolute Gasteiger partial charge is 0.315 e. The molecule has 0 saturated carbocycles. The summed E-state index contributed by atoms with van der Waals surface area (Å²) in [5.41, 5.74) is 2.34. The Labute approximate surface area is 160 Å². The number of rotatable bonds is 7. The average Bonchev–Trinajstić information content (AvgIpc) is 2.71. The van der Waals surface area contributed by atoms with Gasteiger partial charge in [-0.15, -0.1) is 0 Å². The largest absolute Gasteiger partial charge is 0.375 e. The Morgan fingerprint density at radius 2 is 1.89 bits per heavy atom. The van der Waals surface area contributed by atoms with Crippen molar-refractivity contribution in [2.24, 2.45) is 0 Å². The maximum atomic E-state index is 12.2. The van der Waals surface area contributed by atoms with Gasteiger partial charge >= 0.3 is 6.03 Å². The van der Waals surface area contributed by atoms with Crippen LogP contribution in [0.4, 0.5) is 4.79 Å². The van der Waals surface area contributed by atoms with E-state index in [4.69, 9.17) is 4.74 Å². The zero-order chi connectivity index (χ0) is 18.9. The fourth-order valence-electron chi connectivity index (χ4n) is 3.41. The molecule has 1 fully saturated rings. The van der Waals surface area contributed by atoms with Gasteiger partial charge in [0.15, 0.2) is 0 Å². The number of carbonyl (C=O) groups excluding carboxylic acids is 1. The van der Waals surface area contributed by atoms with Gasteiger partial charge in [-0.1, -0.05) is 30.3 Å². The van der Waals surface area contributed by atoms with E-state index in [1.54, 1.807) is 7.11 Å². The molecule has 1 unspecified atom stereocenters. The third-order valence-electron chi connectivity index (χ3n) is 4.98. The van der Waals surface area contributed by atoms with Crippen molar-refractivity contribution in [2.75, 3.05) is 26.7 Å². The number of amides is 2. The number of nitrogens with one attached hydrogen (secondary N) is 2. The molecular formula is C21H28N4O2. The van der Waals surface area contributed by atoms with E-state index < -0.39 is 0 Å². The number of urea groups is 1. The minimum atomic E-state index is -0.140. The number of pyridine rings is 1. The number of methoxy groups -OCH3 is 1. The Hall–Kier alpha value is -2.44.